The number of carbonyl (C=O) groups excluding carboxylic acids is 1. The van der Waals surface area contributed by atoms with Crippen LogP contribution >= 0.6 is 11.6 Å². The first kappa shape index (κ1) is 15.4. The molecule has 0 radical (unpaired) electrons. The second-order valence-corrected chi connectivity index (χ2v) is 5.16. The lowest BCUT2D eigenvalue weighted by molar-refractivity contribution is 0.0602. The molecule has 5 heteroatoms. The van der Waals surface area contributed by atoms with Crippen LogP contribution in [0.25, 0.3) is 0 Å². The van der Waals surface area contributed by atoms with Crippen LogP contribution in [-0.4, -0.2) is 17.6 Å². The molecule has 0 bridgehead atoms. The molecule has 4 nitrogen and oxygen atoms in total. The standard InChI is InChI=1S/C16H19ClN2O2/c1-3-8-19-9-4-5-13(19)11-18-15-10-12(17)6-7-14(15)16(20)21-2/h4-7,9-10,18H,3,8,11H2,1-2H3. The summed E-state index contributed by atoms with van der Waals surface area (Å²) in [5, 5.41) is 3.84. The van der Waals surface area contributed by atoms with Gasteiger partial charge in [0.05, 0.1) is 24.9 Å². The van der Waals surface area contributed by atoms with E-state index in [0.29, 0.717) is 22.8 Å². The summed E-state index contributed by atoms with van der Waals surface area (Å²) < 4.78 is 6.98. The number of benzene rings is 1. The molecule has 0 aliphatic carbocycles. The maximum absolute atomic E-state index is 11.8. The molecule has 0 spiro atoms. The van der Waals surface area contributed by atoms with Crippen molar-refractivity contribution in [1.82, 2.24) is 4.57 Å². The number of methoxy groups -OCH3 is 1. The van der Waals surface area contributed by atoms with Gasteiger partial charge in [-0.2, -0.15) is 0 Å². The third-order valence-corrected chi connectivity index (χ3v) is 3.47. The van der Waals surface area contributed by atoms with Gasteiger partial charge < -0.3 is 14.6 Å². The highest BCUT2D eigenvalue weighted by molar-refractivity contribution is 6.31. The quantitative estimate of drug-likeness (QED) is 0.822. The number of aromatic nitrogens is 1. The number of aryl methyl sites for hydroxylation is 1. The van der Waals surface area contributed by atoms with Gasteiger partial charge in [0.15, 0.2) is 0 Å². The third kappa shape index (κ3) is 3.79. The number of carbonyl (C=O) groups is 1. The molecule has 1 aromatic carbocycles. The van der Waals surface area contributed by atoms with Crippen LogP contribution in [0, 0.1) is 0 Å². The van der Waals surface area contributed by atoms with E-state index in [1.165, 1.54) is 7.11 Å². The Morgan fingerprint density at radius 3 is 2.90 bits per heavy atom. The SMILES string of the molecule is CCCn1cccc1CNc1cc(Cl)ccc1C(=O)OC. The Morgan fingerprint density at radius 1 is 1.38 bits per heavy atom. The predicted molar refractivity (Wildman–Crippen MR) is 84.8 cm³/mol. The number of nitrogens with zero attached hydrogens (tertiary/aromatic N) is 1. The largest absolute Gasteiger partial charge is 0.465 e. The molecule has 1 N–H and O–H groups in total. The monoisotopic (exact) mass is 306 g/mol. The van der Waals surface area contributed by atoms with Crippen molar-refractivity contribution >= 4 is 23.3 Å². The number of rotatable bonds is 6. The van der Waals surface area contributed by atoms with Gasteiger partial charge >= 0.3 is 5.97 Å². The Bertz CT molecular complexity index is 622. The topological polar surface area (TPSA) is 43.3 Å². The van der Waals surface area contributed by atoms with Crippen LogP contribution in [0.15, 0.2) is 36.5 Å². The molecule has 2 rings (SSSR count). The summed E-state index contributed by atoms with van der Waals surface area (Å²) in [6.07, 6.45) is 3.13. The average molecular weight is 307 g/mol. The molecule has 0 saturated carbocycles. The van der Waals surface area contributed by atoms with Gasteiger partial charge in [-0.3, -0.25) is 0 Å². The van der Waals surface area contributed by atoms with Crippen LogP contribution in [0.3, 0.4) is 0 Å². The van der Waals surface area contributed by atoms with E-state index in [1.54, 1.807) is 18.2 Å². The predicted octanol–water partition coefficient (Wildman–Crippen LogP) is 3.95. The highest BCUT2D eigenvalue weighted by Gasteiger charge is 2.12. The Labute approximate surface area is 129 Å². The summed E-state index contributed by atoms with van der Waals surface area (Å²) in [4.78, 5) is 11.8. The molecule has 0 saturated heterocycles. The summed E-state index contributed by atoms with van der Waals surface area (Å²) in [5.41, 5.74) is 2.32. The first-order chi connectivity index (χ1) is 10.2. The molecule has 1 aromatic heterocycles. The number of halogens is 1. The second kappa shape index (κ2) is 7.18. The number of ether oxygens (including phenoxy) is 1. The van der Waals surface area contributed by atoms with Gasteiger partial charge in [0.1, 0.15) is 0 Å². The zero-order chi connectivity index (χ0) is 15.2. The molecule has 0 aliphatic rings. The van der Waals surface area contributed by atoms with Crippen LogP contribution in [-0.2, 0) is 17.8 Å². The molecule has 2 aromatic rings. The first-order valence-electron chi connectivity index (χ1n) is 6.91. The normalized spacial score (nSPS) is 10.4. The Hall–Kier alpha value is -1.94. The van der Waals surface area contributed by atoms with Crippen molar-refractivity contribution in [3.8, 4) is 0 Å². The van der Waals surface area contributed by atoms with Crippen molar-refractivity contribution in [1.29, 1.82) is 0 Å². The Morgan fingerprint density at radius 2 is 2.19 bits per heavy atom. The lowest BCUT2D eigenvalue weighted by Crippen LogP contribution is -2.11. The van der Waals surface area contributed by atoms with E-state index in [0.717, 1.165) is 18.7 Å². The van der Waals surface area contributed by atoms with Crippen molar-refractivity contribution in [3.63, 3.8) is 0 Å². The van der Waals surface area contributed by atoms with Crippen LogP contribution < -0.4 is 5.32 Å². The summed E-state index contributed by atoms with van der Waals surface area (Å²) in [6, 6.07) is 9.16. The van der Waals surface area contributed by atoms with Gasteiger partial charge in [-0.1, -0.05) is 18.5 Å². The highest BCUT2D eigenvalue weighted by Crippen LogP contribution is 2.22. The van der Waals surface area contributed by atoms with Gasteiger partial charge in [0.25, 0.3) is 0 Å². The molecular weight excluding hydrogens is 288 g/mol. The van der Waals surface area contributed by atoms with Crippen LogP contribution in [0.5, 0.6) is 0 Å². The van der Waals surface area contributed by atoms with Crippen molar-refractivity contribution in [3.05, 3.63) is 52.8 Å². The van der Waals surface area contributed by atoms with Crippen LogP contribution in [0.4, 0.5) is 5.69 Å². The fraction of sp³-hybridized carbons (Fsp3) is 0.312. The number of nitrogens with one attached hydrogen (secondary N) is 1. The minimum Gasteiger partial charge on any atom is -0.465 e. The van der Waals surface area contributed by atoms with Crippen molar-refractivity contribution in [2.75, 3.05) is 12.4 Å². The molecule has 21 heavy (non-hydrogen) atoms. The molecule has 0 unspecified atom stereocenters. The summed E-state index contributed by atoms with van der Waals surface area (Å²) in [6.45, 7) is 3.74. The third-order valence-electron chi connectivity index (χ3n) is 3.23. The van der Waals surface area contributed by atoms with E-state index < -0.39 is 0 Å². The number of esters is 1. The minimum absolute atomic E-state index is 0.377. The van der Waals surface area contributed by atoms with Crippen LogP contribution in [0.1, 0.15) is 29.4 Å². The highest BCUT2D eigenvalue weighted by atomic mass is 35.5. The number of anilines is 1. The van der Waals surface area contributed by atoms with E-state index in [2.05, 4.69) is 29.1 Å². The fourth-order valence-electron chi connectivity index (χ4n) is 2.21. The molecule has 0 amide bonds. The lowest BCUT2D eigenvalue weighted by Gasteiger charge is -2.13. The van der Waals surface area contributed by atoms with Gasteiger partial charge in [-0.25, -0.2) is 4.79 Å². The Balaban J connectivity index is 2.17. The van der Waals surface area contributed by atoms with Gasteiger partial charge in [-0.05, 0) is 36.8 Å². The van der Waals surface area contributed by atoms with E-state index in [-0.39, 0.29) is 5.97 Å². The fourth-order valence-corrected chi connectivity index (χ4v) is 2.38. The molecular formula is C16H19ClN2O2. The maximum Gasteiger partial charge on any atom is 0.339 e. The zero-order valence-electron chi connectivity index (χ0n) is 12.2. The summed E-state index contributed by atoms with van der Waals surface area (Å²) >= 11 is 6.01. The van der Waals surface area contributed by atoms with Crippen molar-refractivity contribution < 1.29 is 9.53 Å². The second-order valence-electron chi connectivity index (χ2n) is 4.73. The molecule has 0 aliphatic heterocycles. The minimum atomic E-state index is -0.377. The summed E-state index contributed by atoms with van der Waals surface area (Å²) in [7, 11) is 1.37. The zero-order valence-corrected chi connectivity index (χ0v) is 13.0. The molecule has 112 valence electrons. The van der Waals surface area contributed by atoms with E-state index in [4.69, 9.17) is 16.3 Å². The number of hydrogen-bond acceptors (Lipinski definition) is 3. The Kier molecular flexibility index (Phi) is 5.28. The van der Waals surface area contributed by atoms with Gasteiger partial charge in [0.2, 0.25) is 0 Å². The van der Waals surface area contributed by atoms with Gasteiger partial charge in [-0.15, -0.1) is 0 Å². The lowest BCUT2D eigenvalue weighted by atomic mass is 10.1. The summed E-state index contributed by atoms with van der Waals surface area (Å²) in [5.74, 6) is -0.377. The van der Waals surface area contributed by atoms with E-state index >= 15 is 0 Å². The molecule has 0 fully saturated rings. The number of hydrogen-bond donors (Lipinski definition) is 1. The molecule has 1 heterocycles. The first-order valence-corrected chi connectivity index (χ1v) is 7.29. The molecule has 0 atom stereocenters. The van der Waals surface area contributed by atoms with Crippen molar-refractivity contribution in [2.45, 2.75) is 26.4 Å². The van der Waals surface area contributed by atoms with Crippen LogP contribution in [0.2, 0.25) is 5.02 Å². The van der Waals surface area contributed by atoms with E-state index in [9.17, 15) is 4.79 Å². The maximum atomic E-state index is 11.8. The van der Waals surface area contributed by atoms with E-state index in [1.807, 2.05) is 6.07 Å². The average Bonchev–Trinajstić information content (AvgIpc) is 2.92. The van der Waals surface area contributed by atoms with Crippen molar-refractivity contribution in [2.24, 2.45) is 0 Å². The smallest absolute Gasteiger partial charge is 0.339 e. The van der Waals surface area contributed by atoms with Gasteiger partial charge in [0, 0.05) is 23.5 Å².